The number of carbonyl (C=O) groups excluding carboxylic acids is 1. The molecule has 0 spiro atoms. The summed E-state index contributed by atoms with van der Waals surface area (Å²) < 4.78 is 1.31. The number of fused-ring (bicyclic) bond motifs is 1. The molecular formula is C22H29N5O2. The van der Waals surface area contributed by atoms with Crippen molar-refractivity contribution in [1.82, 2.24) is 19.6 Å². The summed E-state index contributed by atoms with van der Waals surface area (Å²) in [6.45, 7) is 8.14. The van der Waals surface area contributed by atoms with Crippen molar-refractivity contribution >= 4 is 17.6 Å². The lowest BCUT2D eigenvalue weighted by Crippen LogP contribution is -2.31. The summed E-state index contributed by atoms with van der Waals surface area (Å²) in [6.07, 6.45) is 4.30. The van der Waals surface area contributed by atoms with Crippen LogP contribution in [0.25, 0.3) is 5.78 Å². The lowest BCUT2D eigenvalue weighted by atomic mass is 10.1. The van der Waals surface area contributed by atoms with E-state index < -0.39 is 0 Å². The molecule has 3 rings (SSSR count). The monoisotopic (exact) mass is 395 g/mol. The summed E-state index contributed by atoms with van der Waals surface area (Å²) in [6, 6.07) is 8.22. The fourth-order valence-corrected chi connectivity index (χ4v) is 3.22. The smallest absolute Gasteiger partial charge is 0.277 e. The van der Waals surface area contributed by atoms with Crippen molar-refractivity contribution < 1.29 is 4.79 Å². The van der Waals surface area contributed by atoms with E-state index in [0.29, 0.717) is 30.2 Å². The zero-order valence-electron chi connectivity index (χ0n) is 17.7. The standard InChI is InChI=1S/C22H29N5O2/c1-5-7-8-9-19(28)26(14-18-12-10-17(6-2)11-13-18)22-24-21-23-16(4)15(3)20(29)27(21)25-22/h10-13H,5-9,14H2,1-4H3,(H,23,24,25). The number of aryl methyl sites for hydroxylation is 2. The number of unbranched alkanes of at least 4 members (excludes halogenated alkanes) is 2. The third-order valence-electron chi connectivity index (χ3n) is 5.27. The van der Waals surface area contributed by atoms with Gasteiger partial charge in [-0.2, -0.15) is 9.50 Å². The SMILES string of the molecule is CCCCCC(=O)N(Cc1ccc(CC)cc1)c1nc2nc(C)c(C)c(=O)n2[nH]1. The van der Waals surface area contributed by atoms with Crippen molar-refractivity contribution in [2.75, 3.05) is 4.90 Å². The number of aromatic nitrogens is 4. The van der Waals surface area contributed by atoms with E-state index in [1.165, 1.54) is 10.1 Å². The van der Waals surface area contributed by atoms with Crippen LogP contribution in [0.3, 0.4) is 0 Å². The highest BCUT2D eigenvalue weighted by molar-refractivity contribution is 5.91. The van der Waals surface area contributed by atoms with Gasteiger partial charge in [0.2, 0.25) is 11.9 Å². The Kier molecular flexibility index (Phi) is 6.46. The molecule has 0 atom stereocenters. The van der Waals surface area contributed by atoms with Crippen molar-refractivity contribution in [2.45, 2.75) is 66.3 Å². The van der Waals surface area contributed by atoms with Crippen molar-refractivity contribution in [3.05, 3.63) is 57.0 Å². The topological polar surface area (TPSA) is 83.4 Å². The van der Waals surface area contributed by atoms with Crippen LogP contribution in [0.1, 0.15) is 61.9 Å². The number of nitrogens with zero attached hydrogens (tertiary/aromatic N) is 4. The molecule has 0 fully saturated rings. The van der Waals surface area contributed by atoms with Crippen LogP contribution < -0.4 is 10.5 Å². The minimum Gasteiger partial charge on any atom is -0.277 e. The van der Waals surface area contributed by atoms with Crippen molar-refractivity contribution in [1.29, 1.82) is 0 Å². The third kappa shape index (κ3) is 4.55. The molecule has 0 aliphatic carbocycles. The van der Waals surface area contributed by atoms with E-state index in [9.17, 15) is 9.59 Å². The maximum Gasteiger partial charge on any atom is 0.277 e. The Morgan fingerprint density at radius 1 is 1.07 bits per heavy atom. The Bertz CT molecular complexity index is 1050. The summed E-state index contributed by atoms with van der Waals surface area (Å²) in [5, 5.41) is 2.98. The number of hydrogen-bond donors (Lipinski definition) is 1. The molecule has 0 saturated heterocycles. The number of benzene rings is 1. The normalized spacial score (nSPS) is 11.2. The number of aromatic amines is 1. The molecule has 1 aromatic carbocycles. The fraction of sp³-hybridized carbons (Fsp3) is 0.455. The molecule has 2 aromatic heterocycles. The molecule has 0 saturated carbocycles. The first-order valence-electron chi connectivity index (χ1n) is 10.3. The summed E-state index contributed by atoms with van der Waals surface area (Å²) in [7, 11) is 0. The maximum absolute atomic E-state index is 13.0. The summed E-state index contributed by atoms with van der Waals surface area (Å²) in [5.74, 6) is 0.611. The molecule has 7 heteroatoms. The third-order valence-corrected chi connectivity index (χ3v) is 5.27. The number of carbonyl (C=O) groups is 1. The Morgan fingerprint density at radius 2 is 1.76 bits per heavy atom. The van der Waals surface area contributed by atoms with Crippen molar-refractivity contribution in [3.63, 3.8) is 0 Å². The highest BCUT2D eigenvalue weighted by Gasteiger charge is 2.21. The van der Waals surface area contributed by atoms with E-state index in [4.69, 9.17) is 0 Å². The lowest BCUT2D eigenvalue weighted by molar-refractivity contribution is -0.118. The van der Waals surface area contributed by atoms with Crippen LogP contribution in [-0.2, 0) is 17.8 Å². The van der Waals surface area contributed by atoms with Gasteiger partial charge in [0, 0.05) is 17.7 Å². The number of amides is 1. The van der Waals surface area contributed by atoms with Crippen molar-refractivity contribution in [3.8, 4) is 0 Å². The zero-order valence-corrected chi connectivity index (χ0v) is 17.7. The molecule has 1 N–H and O–H groups in total. The van der Waals surface area contributed by atoms with Crippen molar-refractivity contribution in [2.24, 2.45) is 0 Å². The molecule has 0 aliphatic heterocycles. The van der Waals surface area contributed by atoms with Gasteiger partial charge in [0.1, 0.15) is 0 Å². The largest absolute Gasteiger partial charge is 0.277 e. The predicted molar refractivity (Wildman–Crippen MR) is 114 cm³/mol. The molecule has 0 radical (unpaired) electrons. The molecular weight excluding hydrogens is 366 g/mol. The summed E-state index contributed by atoms with van der Waals surface area (Å²) >= 11 is 0. The van der Waals surface area contributed by atoms with E-state index in [1.54, 1.807) is 18.7 Å². The van der Waals surface area contributed by atoms with Crippen LogP contribution in [0, 0.1) is 13.8 Å². The molecule has 2 heterocycles. The Balaban J connectivity index is 1.97. The maximum atomic E-state index is 13.0. The Morgan fingerprint density at radius 3 is 2.41 bits per heavy atom. The molecule has 7 nitrogen and oxygen atoms in total. The minimum atomic E-state index is -0.197. The van der Waals surface area contributed by atoms with Crippen LogP contribution in [0.2, 0.25) is 0 Å². The summed E-state index contributed by atoms with van der Waals surface area (Å²) in [5.41, 5.74) is 3.27. The summed E-state index contributed by atoms with van der Waals surface area (Å²) in [4.78, 5) is 36.0. The number of nitrogens with one attached hydrogen (secondary N) is 1. The lowest BCUT2D eigenvalue weighted by Gasteiger charge is -2.20. The molecule has 1 amide bonds. The second-order valence-electron chi connectivity index (χ2n) is 7.42. The average Bonchev–Trinajstić information content (AvgIpc) is 3.14. The van der Waals surface area contributed by atoms with Gasteiger partial charge in [-0.05, 0) is 37.8 Å². The first-order valence-corrected chi connectivity index (χ1v) is 10.3. The van der Waals surface area contributed by atoms with Crippen LogP contribution in [0.5, 0.6) is 0 Å². The van der Waals surface area contributed by atoms with Gasteiger partial charge in [0.05, 0.1) is 6.54 Å². The second kappa shape index (κ2) is 9.03. The molecule has 29 heavy (non-hydrogen) atoms. The van der Waals surface area contributed by atoms with Gasteiger partial charge in [-0.25, -0.2) is 4.98 Å². The van der Waals surface area contributed by atoms with E-state index in [1.807, 2.05) is 12.1 Å². The molecule has 0 bridgehead atoms. The van der Waals surface area contributed by atoms with Gasteiger partial charge < -0.3 is 0 Å². The highest BCUT2D eigenvalue weighted by Crippen LogP contribution is 2.17. The number of anilines is 1. The molecule has 154 valence electrons. The average molecular weight is 396 g/mol. The van der Waals surface area contributed by atoms with Crippen LogP contribution in [0.15, 0.2) is 29.1 Å². The quantitative estimate of drug-likeness (QED) is 0.589. The fourth-order valence-electron chi connectivity index (χ4n) is 3.22. The number of rotatable bonds is 8. The van der Waals surface area contributed by atoms with Gasteiger partial charge in [-0.3, -0.25) is 19.6 Å². The first kappa shape index (κ1) is 20.8. The van der Waals surface area contributed by atoms with Gasteiger partial charge in [-0.15, -0.1) is 0 Å². The van der Waals surface area contributed by atoms with E-state index in [2.05, 4.69) is 41.0 Å². The van der Waals surface area contributed by atoms with E-state index in [-0.39, 0.29) is 17.2 Å². The molecule has 0 aliphatic rings. The van der Waals surface area contributed by atoms with E-state index >= 15 is 0 Å². The Hall–Kier alpha value is -2.96. The van der Waals surface area contributed by atoms with Crippen LogP contribution in [0.4, 0.5) is 5.95 Å². The van der Waals surface area contributed by atoms with Gasteiger partial charge in [0.25, 0.3) is 11.3 Å². The van der Waals surface area contributed by atoms with Gasteiger partial charge in [0.15, 0.2) is 0 Å². The molecule has 0 unspecified atom stereocenters. The second-order valence-corrected chi connectivity index (χ2v) is 7.42. The van der Waals surface area contributed by atoms with Gasteiger partial charge >= 0.3 is 0 Å². The van der Waals surface area contributed by atoms with E-state index in [0.717, 1.165) is 31.2 Å². The zero-order chi connectivity index (χ0) is 21.0. The van der Waals surface area contributed by atoms with Crippen LogP contribution in [-0.4, -0.2) is 25.5 Å². The highest BCUT2D eigenvalue weighted by atomic mass is 16.2. The first-order chi connectivity index (χ1) is 13.9. The minimum absolute atomic E-state index is 0.0152. The predicted octanol–water partition coefficient (Wildman–Crippen LogP) is 3.71. The number of H-pyrrole nitrogens is 1. The number of hydrogen-bond acceptors (Lipinski definition) is 4. The molecule has 3 aromatic rings. The van der Waals surface area contributed by atoms with Gasteiger partial charge in [-0.1, -0.05) is 51.0 Å². The van der Waals surface area contributed by atoms with Crippen LogP contribution >= 0.6 is 0 Å². The Labute approximate surface area is 170 Å².